The van der Waals surface area contributed by atoms with Crippen molar-refractivity contribution in [1.29, 1.82) is 0 Å². The molecule has 1 heterocycles. The highest BCUT2D eigenvalue weighted by Crippen LogP contribution is 2.50. The molecule has 0 bridgehead atoms. The molecule has 0 fully saturated rings. The van der Waals surface area contributed by atoms with Crippen molar-refractivity contribution in [3.05, 3.63) is 59.4 Å². The third-order valence-electron chi connectivity index (χ3n) is 5.25. The zero-order valence-corrected chi connectivity index (χ0v) is 16.6. The second-order valence-electron chi connectivity index (χ2n) is 7.53. The molecule has 5 nitrogen and oxygen atoms in total. The van der Waals surface area contributed by atoms with Crippen molar-refractivity contribution >= 4 is 17.4 Å². The number of ether oxygens (including phenoxy) is 1. The standard InChI is InChI=1S/C21H21F4N3O2/c1-19(23)11-21(24,25)20(2,28-18(19)26)15-10-13(6-9-16(15)22)27-17(29)12-4-7-14(30-3)8-5-12/h4-10H,11H2,1-3H3,(H2,26,28)(H,27,29)/t19-,20-/m1/s1. The second-order valence-corrected chi connectivity index (χ2v) is 7.53. The number of methoxy groups -OCH3 is 1. The highest BCUT2D eigenvalue weighted by Gasteiger charge is 2.60. The predicted molar refractivity (Wildman–Crippen MR) is 105 cm³/mol. The van der Waals surface area contributed by atoms with Gasteiger partial charge in [0.1, 0.15) is 17.4 Å². The van der Waals surface area contributed by atoms with E-state index in [9.17, 15) is 22.4 Å². The van der Waals surface area contributed by atoms with Crippen LogP contribution in [0.5, 0.6) is 5.75 Å². The molecular weight excluding hydrogens is 402 g/mol. The first-order valence-electron chi connectivity index (χ1n) is 9.07. The summed E-state index contributed by atoms with van der Waals surface area (Å²) in [5, 5.41) is 2.53. The van der Waals surface area contributed by atoms with Gasteiger partial charge >= 0.3 is 0 Å². The lowest BCUT2D eigenvalue weighted by Crippen LogP contribution is -2.56. The Morgan fingerprint density at radius 1 is 1.13 bits per heavy atom. The minimum Gasteiger partial charge on any atom is -0.497 e. The molecule has 3 rings (SSSR count). The van der Waals surface area contributed by atoms with Gasteiger partial charge in [0.05, 0.1) is 13.5 Å². The van der Waals surface area contributed by atoms with Crippen LogP contribution >= 0.6 is 0 Å². The zero-order chi connectivity index (χ0) is 22.3. The molecule has 0 spiro atoms. The number of carbonyl (C=O) groups is 1. The van der Waals surface area contributed by atoms with E-state index in [0.29, 0.717) is 5.75 Å². The number of nitrogens with two attached hydrogens (primary N) is 1. The fraction of sp³-hybridized carbons (Fsp3) is 0.333. The Bertz CT molecular complexity index is 1010. The molecule has 2 atom stereocenters. The summed E-state index contributed by atoms with van der Waals surface area (Å²) in [5.41, 5.74) is 0.461. The molecule has 0 aliphatic carbocycles. The van der Waals surface area contributed by atoms with Gasteiger partial charge < -0.3 is 15.8 Å². The number of rotatable bonds is 4. The van der Waals surface area contributed by atoms with Crippen LogP contribution < -0.4 is 15.8 Å². The van der Waals surface area contributed by atoms with E-state index >= 15 is 0 Å². The number of hydrogen-bond acceptors (Lipinski definition) is 4. The highest BCUT2D eigenvalue weighted by atomic mass is 19.3. The summed E-state index contributed by atoms with van der Waals surface area (Å²) >= 11 is 0. The molecule has 0 saturated carbocycles. The van der Waals surface area contributed by atoms with Gasteiger partial charge in [-0.25, -0.2) is 17.6 Å². The third kappa shape index (κ3) is 3.71. The van der Waals surface area contributed by atoms with Crippen LogP contribution in [0.2, 0.25) is 0 Å². The summed E-state index contributed by atoms with van der Waals surface area (Å²) in [6, 6.07) is 9.43. The van der Waals surface area contributed by atoms with Gasteiger partial charge in [-0.05, 0) is 56.3 Å². The molecule has 0 unspecified atom stereocenters. The highest BCUT2D eigenvalue weighted by molar-refractivity contribution is 6.04. The van der Waals surface area contributed by atoms with Crippen molar-refractivity contribution in [2.45, 2.75) is 37.4 Å². The average molecular weight is 423 g/mol. The lowest BCUT2D eigenvalue weighted by atomic mass is 9.77. The molecule has 2 aromatic carbocycles. The number of nitrogens with one attached hydrogen (secondary N) is 1. The van der Waals surface area contributed by atoms with E-state index in [1.807, 2.05) is 0 Å². The Kier molecular flexibility index (Phi) is 5.26. The quantitative estimate of drug-likeness (QED) is 0.715. The summed E-state index contributed by atoms with van der Waals surface area (Å²) in [7, 11) is 1.48. The number of aliphatic imine (C=N–C) groups is 1. The number of benzene rings is 2. The molecule has 9 heteroatoms. The van der Waals surface area contributed by atoms with E-state index in [1.165, 1.54) is 25.3 Å². The molecule has 3 N–H and O–H groups in total. The van der Waals surface area contributed by atoms with Gasteiger partial charge in [-0.15, -0.1) is 0 Å². The second kappa shape index (κ2) is 7.30. The molecule has 1 aliphatic heterocycles. The topological polar surface area (TPSA) is 76.7 Å². The fourth-order valence-corrected chi connectivity index (χ4v) is 3.30. The molecule has 0 radical (unpaired) electrons. The maximum Gasteiger partial charge on any atom is 0.280 e. The van der Waals surface area contributed by atoms with Crippen molar-refractivity contribution < 1.29 is 27.1 Å². The first-order valence-corrected chi connectivity index (χ1v) is 9.07. The van der Waals surface area contributed by atoms with Gasteiger partial charge in [0.25, 0.3) is 11.8 Å². The van der Waals surface area contributed by atoms with Crippen molar-refractivity contribution in [3.8, 4) is 5.75 Å². The minimum absolute atomic E-state index is 0.0756. The van der Waals surface area contributed by atoms with Gasteiger partial charge in [0, 0.05) is 16.8 Å². The smallest absolute Gasteiger partial charge is 0.280 e. The van der Waals surface area contributed by atoms with Gasteiger partial charge in [-0.1, -0.05) is 0 Å². The van der Waals surface area contributed by atoms with Crippen LogP contribution in [0.15, 0.2) is 47.5 Å². The maximum absolute atomic E-state index is 14.8. The lowest BCUT2D eigenvalue weighted by molar-refractivity contribution is -0.106. The average Bonchev–Trinajstić information content (AvgIpc) is 2.67. The van der Waals surface area contributed by atoms with E-state index in [4.69, 9.17) is 10.5 Å². The number of anilines is 1. The molecule has 1 aliphatic rings. The molecule has 2 aromatic rings. The summed E-state index contributed by atoms with van der Waals surface area (Å²) in [5.74, 6) is -5.31. The first kappa shape index (κ1) is 21.6. The Morgan fingerprint density at radius 2 is 1.77 bits per heavy atom. The van der Waals surface area contributed by atoms with E-state index in [0.717, 1.165) is 26.0 Å². The predicted octanol–water partition coefficient (Wildman–Crippen LogP) is 4.43. The zero-order valence-electron chi connectivity index (χ0n) is 16.6. The van der Waals surface area contributed by atoms with Crippen LogP contribution in [0.4, 0.5) is 23.2 Å². The summed E-state index contributed by atoms with van der Waals surface area (Å²) in [6.45, 7) is 1.89. The van der Waals surface area contributed by atoms with E-state index < -0.39 is 46.7 Å². The number of carbonyl (C=O) groups excluding carboxylic acids is 1. The van der Waals surface area contributed by atoms with Crippen molar-refractivity contribution in [2.24, 2.45) is 10.7 Å². The number of amides is 1. The Balaban J connectivity index is 1.97. The van der Waals surface area contributed by atoms with Crippen LogP contribution in [0.3, 0.4) is 0 Å². The Hall–Kier alpha value is -3.10. The summed E-state index contributed by atoms with van der Waals surface area (Å²) in [4.78, 5) is 16.1. The maximum atomic E-state index is 14.8. The van der Waals surface area contributed by atoms with Crippen LogP contribution in [0.1, 0.15) is 36.2 Å². The van der Waals surface area contributed by atoms with Crippen LogP contribution in [-0.4, -0.2) is 30.4 Å². The number of halogens is 4. The van der Waals surface area contributed by atoms with Crippen molar-refractivity contribution in [3.63, 3.8) is 0 Å². The molecule has 0 saturated heterocycles. The van der Waals surface area contributed by atoms with Crippen LogP contribution in [0, 0.1) is 5.82 Å². The summed E-state index contributed by atoms with van der Waals surface area (Å²) in [6.07, 6.45) is -1.24. The summed E-state index contributed by atoms with van der Waals surface area (Å²) < 4.78 is 63.6. The molecule has 1 amide bonds. The lowest BCUT2D eigenvalue weighted by Gasteiger charge is -2.42. The van der Waals surface area contributed by atoms with Crippen LogP contribution in [0.25, 0.3) is 0 Å². The van der Waals surface area contributed by atoms with Crippen molar-refractivity contribution in [1.82, 2.24) is 0 Å². The SMILES string of the molecule is COc1ccc(C(=O)Nc2ccc(F)c([C@@]3(C)N=C(N)[C@](C)(F)CC3(F)F)c2)cc1. The molecule has 160 valence electrons. The first-order chi connectivity index (χ1) is 13.9. The van der Waals surface area contributed by atoms with Gasteiger partial charge in [-0.2, -0.15) is 0 Å². The van der Waals surface area contributed by atoms with Gasteiger partial charge in [-0.3, -0.25) is 9.79 Å². The van der Waals surface area contributed by atoms with E-state index in [-0.39, 0.29) is 11.3 Å². The van der Waals surface area contributed by atoms with Gasteiger partial charge in [0.2, 0.25) is 0 Å². The minimum atomic E-state index is -3.72. The fourth-order valence-electron chi connectivity index (χ4n) is 3.30. The third-order valence-corrected chi connectivity index (χ3v) is 5.25. The van der Waals surface area contributed by atoms with E-state index in [2.05, 4.69) is 10.3 Å². The number of amidine groups is 1. The number of nitrogens with zero attached hydrogens (tertiary/aromatic N) is 1. The Labute approximate surface area is 170 Å². The van der Waals surface area contributed by atoms with Crippen LogP contribution in [-0.2, 0) is 5.54 Å². The number of alkyl halides is 3. The normalized spacial score (nSPS) is 25.4. The largest absolute Gasteiger partial charge is 0.497 e. The van der Waals surface area contributed by atoms with Gasteiger partial charge in [0.15, 0.2) is 11.2 Å². The molecule has 30 heavy (non-hydrogen) atoms. The Morgan fingerprint density at radius 3 is 2.37 bits per heavy atom. The molecule has 0 aromatic heterocycles. The van der Waals surface area contributed by atoms with E-state index in [1.54, 1.807) is 12.1 Å². The molecular formula is C21H21F4N3O2. The van der Waals surface area contributed by atoms with Crippen molar-refractivity contribution in [2.75, 3.05) is 12.4 Å². The number of hydrogen-bond donors (Lipinski definition) is 2. The monoisotopic (exact) mass is 423 g/mol.